The van der Waals surface area contributed by atoms with Gasteiger partial charge in [0.15, 0.2) is 0 Å². The summed E-state index contributed by atoms with van der Waals surface area (Å²) >= 11 is 0. The Labute approximate surface area is 255 Å². The van der Waals surface area contributed by atoms with E-state index in [9.17, 15) is 18.5 Å². The summed E-state index contributed by atoms with van der Waals surface area (Å²) in [6.07, 6.45) is 4.59. The van der Waals surface area contributed by atoms with Gasteiger partial charge >= 0.3 is 6.09 Å². The lowest BCUT2D eigenvalue weighted by molar-refractivity contribution is 0.0178. The maximum Gasteiger partial charge on any atom is 0.410 e. The number of rotatable bonds is 10. The number of sulfonamides is 1. The molecule has 2 heterocycles. The first kappa shape index (κ1) is 32.0. The molecule has 0 N–H and O–H groups in total. The Hall–Kier alpha value is -3.88. The van der Waals surface area contributed by atoms with Crippen LogP contribution in [0.4, 0.5) is 10.5 Å². The summed E-state index contributed by atoms with van der Waals surface area (Å²) in [5.41, 5.74) is 2.56. The third kappa shape index (κ3) is 8.36. The fraction of sp³-hybridized carbons (Fsp3) is 0.469. The Bertz CT molecular complexity index is 1530. The van der Waals surface area contributed by atoms with Gasteiger partial charge < -0.3 is 19.1 Å². The average Bonchev–Trinajstić information content (AvgIpc) is 3.37. The molecule has 2 aromatic carbocycles. The second kappa shape index (κ2) is 13.6. The van der Waals surface area contributed by atoms with E-state index in [0.29, 0.717) is 61.6 Å². The van der Waals surface area contributed by atoms with Crippen LogP contribution in [0.25, 0.3) is 0 Å². The van der Waals surface area contributed by atoms with Crippen molar-refractivity contribution in [2.75, 3.05) is 37.6 Å². The molecule has 11 heteroatoms. The molecular formula is C32H42N6O4S. The van der Waals surface area contributed by atoms with E-state index < -0.39 is 15.6 Å². The molecule has 0 saturated carbocycles. The van der Waals surface area contributed by atoms with E-state index >= 15 is 0 Å². The van der Waals surface area contributed by atoms with Crippen molar-refractivity contribution in [3.63, 3.8) is 0 Å². The number of aromatic nitrogens is 2. The number of piperidine rings is 1. The first-order valence-electron chi connectivity index (χ1n) is 14.6. The van der Waals surface area contributed by atoms with Gasteiger partial charge in [0.1, 0.15) is 5.60 Å². The molecule has 230 valence electrons. The monoisotopic (exact) mass is 606 g/mol. The van der Waals surface area contributed by atoms with E-state index in [2.05, 4.69) is 16.0 Å². The minimum Gasteiger partial charge on any atom is -0.444 e. The van der Waals surface area contributed by atoms with Gasteiger partial charge in [-0.3, -0.25) is 0 Å². The largest absolute Gasteiger partial charge is 0.444 e. The number of likely N-dealkylation sites (tertiary alicyclic amines) is 1. The number of anilines is 1. The van der Waals surface area contributed by atoms with Crippen LogP contribution in [0, 0.1) is 24.2 Å². The van der Waals surface area contributed by atoms with Crippen LogP contribution < -0.4 is 4.90 Å². The molecule has 0 bridgehead atoms. The lowest BCUT2D eigenvalue weighted by Crippen LogP contribution is -2.46. The topological polar surface area (TPSA) is 112 Å². The van der Waals surface area contributed by atoms with Crippen molar-refractivity contribution in [1.82, 2.24) is 18.8 Å². The van der Waals surface area contributed by atoms with Crippen molar-refractivity contribution >= 4 is 21.8 Å². The first-order valence-corrected chi connectivity index (χ1v) is 16.1. The standard InChI is InChI=1S/C32H42N6O4S/c1-25-8-6-7-9-30(25)43(40,41)38(22-27-14-16-36(17-15-27)31(39)42-32(2,3)4)19-18-37(23-29-21-34-24-35(29)5)28-12-10-26(20-33)11-13-28/h6-13,21,24,27H,14-19,22-23H2,1-5H3. The quantitative estimate of drug-likeness (QED) is 0.321. The normalized spacial score (nSPS) is 14.5. The molecule has 1 fully saturated rings. The van der Waals surface area contributed by atoms with Gasteiger partial charge in [-0.25, -0.2) is 18.2 Å². The van der Waals surface area contributed by atoms with Crippen molar-refractivity contribution in [3.05, 3.63) is 77.9 Å². The highest BCUT2D eigenvalue weighted by molar-refractivity contribution is 7.89. The number of ether oxygens (including phenoxy) is 1. The number of imidazole rings is 1. The Morgan fingerprint density at radius 2 is 1.77 bits per heavy atom. The molecule has 0 aliphatic carbocycles. The van der Waals surface area contributed by atoms with E-state index in [1.165, 1.54) is 0 Å². The maximum atomic E-state index is 14.1. The number of nitrogens with zero attached hydrogens (tertiary/aromatic N) is 6. The van der Waals surface area contributed by atoms with Gasteiger partial charge in [-0.15, -0.1) is 0 Å². The van der Waals surface area contributed by atoms with Crippen molar-refractivity contribution in [3.8, 4) is 6.07 Å². The molecule has 0 unspecified atom stereocenters. The highest BCUT2D eigenvalue weighted by Gasteiger charge is 2.32. The number of nitriles is 1. The second-order valence-electron chi connectivity index (χ2n) is 12.1. The van der Waals surface area contributed by atoms with Crippen LogP contribution in [0.15, 0.2) is 66.0 Å². The SMILES string of the molecule is Cc1ccccc1S(=O)(=O)N(CCN(Cc1cncn1C)c1ccc(C#N)cc1)CC1CCN(C(=O)OC(C)(C)C)CC1. The number of benzene rings is 2. The highest BCUT2D eigenvalue weighted by Crippen LogP contribution is 2.26. The first-order chi connectivity index (χ1) is 20.4. The molecule has 10 nitrogen and oxygen atoms in total. The van der Waals surface area contributed by atoms with Crippen molar-refractivity contribution < 1.29 is 17.9 Å². The summed E-state index contributed by atoms with van der Waals surface area (Å²) in [7, 11) is -1.87. The van der Waals surface area contributed by atoms with Crippen LogP contribution in [0.3, 0.4) is 0 Å². The van der Waals surface area contributed by atoms with Crippen molar-refractivity contribution in [2.45, 2.75) is 57.6 Å². The summed E-state index contributed by atoms with van der Waals surface area (Å²) in [4.78, 5) is 21.0. The van der Waals surface area contributed by atoms with E-state index in [4.69, 9.17) is 4.74 Å². The zero-order chi connectivity index (χ0) is 31.2. The molecule has 1 aromatic heterocycles. The molecule has 0 radical (unpaired) electrons. The number of hydrogen-bond acceptors (Lipinski definition) is 7. The van der Waals surface area contributed by atoms with Gasteiger partial charge in [0, 0.05) is 51.7 Å². The molecule has 1 aliphatic rings. The zero-order valence-corrected chi connectivity index (χ0v) is 26.5. The average molecular weight is 607 g/mol. The molecule has 1 saturated heterocycles. The second-order valence-corrected chi connectivity index (χ2v) is 14.0. The van der Waals surface area contributed by atoms with Crippen LogP contribution in [-0.4, -0.2) is 71.6 Å². The smallest absolute Gasteiger partial charge is 0.410 e. The van der Waals surface area contributed by atoms with Gasteiger partial charge in [0.2, 0.25) is 10.0 Å². The molecular weight excluding hydrogens is 564 g/mol. The molecule has 1 amide bonds. The summed E-state index contributed by atoms with van der Waals surface area (Å²) < 4.78 is 37.3. The fourth-order valence-electron chi connectivity index (χ4n) is 5.22. The van der Waals surface area contributed by atoms with Crippen LogP contribution in [0.2, 0.25) is 0 Å². The van der Waals surface area contributed by atoms with Crippen molar-refractivity contribution in [2.24, 2.45) is 13.0 Å². The predicted molar refractivity (Wildman–Crippen MR) is 166 cm³/mol. The van der Waals surface area contributed by atoms with E-state index in [1.54, 1.807) is 46.0 Å². The van der Waals surface area contributed by atoms with Gasteiger partial charge in [-0.1, -0.05) is 18.2 Å². The number of carbonyl (C=O) groups excluding carboxylic acids is 1. The van der Waals surface area contributed by atoms with Crippen molar-refractivity contribution in [1.29, 1.82) is 5.26 Å². The van der Waals surface area contributed by atoms with Gasteiger partial charge in [0.25, 0.3) is 0 Å². The van der Waals surface area contributed by atoms with Crippen LogP contribution in [0.5, 0.6) is 0 Å². The van der Waals surface area contributed by atoms with Gasteiger partial charge in [-0.2, -0.15) is 9.57 Å². The summed E-state index contributed by atoms with van der Waals surface area (Å²) in [5, 5.41) is 9.28. The highest BCUT2D eigenvalue weighted by atomic mass is 32.2. The Kier molecular flexibility index (Phi) is 10.1. The number of aryl methyl sites for hydroxylation is 2. The minimum atomic E-state index is -3.80. The van der Waals surface area contributed by atoms with Crippen LogP contribution in [0.1, 0.15) is 50.4 Å². The Morgan fingerprint density at radius 3 is 2.35 bits per heavy atom. The minimum absolute atomic E-state index is 0.0953. The molecule has 4 rings (SSSR count). The zero-order valence-electron chi connectivity index (χ0n) is 25.7. The summed E-state index contributed by atoms with van der Waals surface area (Å²) in [6.45, 7) is 9.98. The fourth-order valence-corrected chi connectivity index (χ4v) is 6.95. The Balaban J connectivity index is 1.56. The number of amides is 1. The van der Waals surface area contributed by atoms with Gasteiger partial charge in [0.05, 0.1) is 35.1 Å². The molecule has 43 heavy (non-hydrogen) atoms. The van der Waals surface area contributed by atoms with E-state index in [1.807, 2.05) is 63.6 Å². The maximum absolute atomic E-state index is 14.1. The number of hydrogen-bond donors (Lipinski definition) is 0. The Morgan fingerprint density at radius 1 is 1.09 bits per heavy atom. The predicted octanol–water partition coefficient (Wildman–Crippen LogP) is 4.94. The summed E-state index contributed by atoms with van der Waals surface area (Å²) in [5.74, 6) is 0.0953. The van der Waals surface area contributed by atoms with Crippen LogP contribution >= 0.6 is 0 Å². The van der Waals surface area contributed by atoms with E-state index in [-0.39, 0.29) is 18.6 Å². The molecule has 0 spiro atoms. The third-order valence-electron chi connectivity index (χ3n) is 7.69. The number of carbonyl (C=O) groups is 1. The lowest BCUT2D eigenvalue weighted by Gasteiger charge is -2.36. The summed E-state index contributed by atoms with van der Waals surface area (Å²) in [6, 6.07) is 16.5. The van der Waals surface area contributed by atoms with Gasteiger partial charge in [-0.05, 0) is 82.3 Å². The molecule has 1 aliphatic heterocycles. The molecule has 0 atom stereocenters. The lowest BCUT2D eigenvalue weighted by atomic mass is 9.97. The van der Waals surface area contributed by atoms with Crippen LogP contribution in [-0.2, 0) is 28.4 Å². The molecule has 3 aromatic rings. The van der Waals surface area contributed by atoms with E-state index in [0.717, 1.165) is 11.4 Å². The third-order valence-corrected chi connectivity index (χ3v) is 9.72.